The molecule has 0 bridgehead atoms. The number of aliphatic hydroxyl groups excluding tert-OH is 1. The molecule has 1 amide bonds. The largest absolute Gasteiger partial charge is 0.481 e. The third-order valence-electron chi connectivity index (χ3n) is 4.52. The van der Waals surface area contributed by atoms with Crippen LogP contribution in [0.15, 0.2) is 28.7 Å². The number of carboxylic acid groups (broad SMARTS) is 2. The molecule has 1 aliphatic rings. The van der Waals surface area contributed by atoms with Crippen molar-refractivity contribution in [2.24, 2.45) is 0 Å². The van der Waals surface area contributed by atoms with Crippen molar-refractivity contribution in [3.05, 3.63) is 35.8 Å². The molecule has 0 aliphatic carbocycles. The first-order valence-electron chi connectivity index (χ1n) is 9.52. The Hall–Kier alpha value is -3.05. The maximum absolute atomic E-state index is 12.2. The smallest absolute Gasteiger partial charge is 0.371 e. The summed E-state index contributed by atoms with van der Waals surface area (Å²) in [7, 11) is 0. The Morgan fingerprint density at radius 2 is 2.10 bits per heavy atom. The first kappa shape index (κ1) is 22.2. The van der Waals surface area contributed by atoms with Gasteiger partial charge in [-0.1, -0.05) is 18.1 Å². The molecular formula is C21H25NO7. The van der Waals surface area contributed by atoms with Crippen LogP contribution in [0.1, 0.15) is 54.8 Å². The van der Waals surface area contributed by atoms with Crippen LogP contribution in [0.2, 0.25) is 0 Å². The van der Waals surface area contributed by atoms with Gasteiger partial charge in [-0.15, -0.1) is 5.92 Å². The second kappa shape index (κ2) is 11.1. The molecule has 0 aromatic carbocycles. The molecular weight excluding hydrogens is 378 g/mol. The summed E-state index contributed by atoms with van der Waals surface area (Å²) < 4.78 is 5.13. The summed E-state index contributed by atoms with van der Waals surface area (Å²) in [5.41, 5.74) is 0. The van der Waals surface area contributed by atoms with E-state index in [1.165, 1.54) is 12.1 Å². The zero-order valence-corrected chi connectivity index (χ0v) is 16.0. The van der Waals surface area contributed by atoms with Crippen LogP contribution in [0.3, 0.4) is 0 Å². The minimum atomic E-state index is -1.17. The van der Waals surface area contributed by atoms with Crippen molar-refractivity contribution in [3.8, 4) is 11.8 Å². The van der Waals surface area contributed by atoms with Crippen molar-refractivity contribution >= 4 is 17.8 Å². The predicted molar refractivity (Wildman–Crippen MR) is 103 cm³/mol. The molecule has 3 N–H and O–H groups in total. The molecule has 2 rings (SSSR count). The van der Waals surface area contributed by atoms with Gasteiger partial charge in [-0.2, -0.15) is 0 Å². The van der Waals surface area contributed by atoms with Crippen LogP contribution in [0.5, 0.6) is 0 Å². The molecule has 2 atom stereocenters. The Balaban J connectivity index is 1.89. The number of amides is 1. The van der Waals surface area contributed by atoms with Gasteiger partial charge in [0.05, 0.1) is 18.7 Å². The average Bonchev–Trinajstić information content (AvgIpc) is 3.12. The lowest BCUT2D eigenvalue weighted by molar-refractivity contribution is -0.137. The van der Waals surface area contributed by atoms with Gasteiger partial charge in [-0.05, 0) is 31.4 Å². The lowest BCUT2D eigenvalue weighted by Gasteiger charge is -2.32. The number of rotatable bonds is 9. The van der Waals surface area contributed by atoms with Crippen molar-refractivity contribution in [1.29, 1.82) is 0 Å². The van der Waals surface area contributed by atoms with Crippen LogP contribution in [0, 0.1) is 11.8 Å². The van der Waals surface area contributed by atoms with E-state index in [4.69, 9.17) is 14.6 Å². The van der Waals surface area contributed by atoms with Gasteiger partial charge in [0.2, 0.25) is 11.7 Å². The lowest BCUT2D eigenvalue weighted by atomic mass is 10.00. The second-order valence-electron chi connectivity index (χ2n) is 6.81. The maximum atomic E-state index is 12.2. The Bertz CT molecular complexity index is 814. The lowest BCUT2D eigenvalue weighted by Crippen LogP contribution is -2.42. The number of aliphatic hydroxyl groups is 1. The predicted octanol–water partition coefficient (Wildman–Crippen LogP) is 2.08. The van der Waals surface area contributed by atoms with Crippen LogP contribution in [-0.4, -0.2) is 56.8 Å². The number of carbonyl (C=O) groups excluding carboxylic acids is 1. The van der Waals surface area contributed by atoms with Crippen LogP contribution in [0.4, 0.5) is 0 Å². The van der Waals surface area contributed by atoms with Crippen molar-refractivity contribution in [3.63, 3.8) is 0 Å². The summed E-state index contributed by atoms with van der Waals surface area (Å²) in [5.74, 6) is 3.99. The number of furan rings is 1. The fourth-order valence-electron chi connectivity index (χ4n) is 3.04. The van der Waals surface area contributed by atoms with Gasteiger partial charge in [-0.3, -0.25) is 9.59 Å². The van der Waals surface area contributed by atoms with E-state index in [0.717, 1.165) is 12.8 Å². The average molecular weight is 403 g/mol. The zero-order chi connectivity index (χ0) is 21.2. The molecule has 8 nitrogen and oxygen atoms in total. The standard InChI is InChI=1S/C21H25NO7/c23-16(14-17-11-12-18(29-17)21(27)28)10-9-15-6-5-7-19(24)22(15)13-4-2-1-3-8-20(25)26/h9-12,15-16,23H,1,3,5-8,13-14H2,(H,25,26)(H,27,28)/b10-9+/t15-,16?/m1/s1. The molecule has 156 valence electrons. The van der Waals surface area contributed by atoms with Crippen molar-refractivity contribution < 1.29 is 34.1 Å². The number of hydrogen-bond acceptors (Lipinski definition) is 5. The molecule has 2 heterocycles. The summed E-state index contributed by atoms with van der Waals surface area (Å²) in [4.78, 5) is 35.2. The molecule has 8 heteroatoms. The fourth-order valence-corrected chi connectivity index (χ4v) is 3.04. The van der Waals surface area contributed by atoms with Gasteiger partial charge in [-0.25, -0.2) is 4.79 Å². The third-order valence-corrected chi connectivity index (χ3v) is 4.52. The van der Waals surface area contributed by atoms with E-state index in [2.05, 4.69) is 11.8 Å². The van der Waals surface area contributed by atoms with E-state index in [9.17, 15) is 19.5 Å². The zero-order valence-electron chi connectivity index (χ0n) is 16.0. The molecule has 1 aromatic rings. The van der Waals surface area contributed by atoms with Gasteiger partial charge in [0.1, 0.15) is 5.76 Å². The summed E-state index contributed by atoms with van der Waals surface area (Å²) >= 11 is 0. The van der Waals surface area contributed by atoms with Crippen LogP contribution in [0.25, 0.3) is 0 Å². The Labute approximate surface area is 168 Å². The molecule has 0 spiro atoms. The number of piperidine rings is 1. The van der Waals surface area contributed by atoms with E-state index in [1.54, 1.807) is 17.1 Å². The number of hydrogen-bond donors (Lipinski definition) is 3. The number of carbonyl (C=O) groups is 3. The van der Waals surface area contributed by atoms with Gasteiger partial charge >= 0.3 is 11.9 Å². The van der Waals surface area contributed by atoms with Crippen molar-refractivity contribution in [1.82, 2.24) is 4.90 Å². The van der Waals surface area contributed by atoms with Gasteiger partial charge in [0.25, 0.3) is 0 Å². The van der Waals surface area contributed by atoms with Crippen LogP contribution in [-0.2, 0) is 16.0 Å². The highest BCUT2D eigenvalue weighted by Crippen LogP contribution is 2.19. The van der Waals surface area contributed by atoms with Gasteiger partial charge in [0.15, 0.2) is 0 Å². The number of likely N-dealkylation sites (tertiary alicyclic amines) is 1. The van der Waals surface area contributed by atoms with Gasteiger partial charge in [0, 0.05) is 25.7 Å². The molecule has 0 radical (unpaired) electrons. The summed E-state index contributed by atoms with van der Waals surface area (Å²) in [6, 6.07) is 2.67. The summed E-state index contributed by atoms with van der Waals surface area (Å²) in [6.07, 6.45) is 5.61. The Morgan fingerprint density at radius 3 is 2.79 bits per heavy atom. The summed E-state index contributed by atoms with van der Waals surface area (Å²) in [5, 5.41) is 27.6. The normalized spacial score (nSPS) is 17.8. The van der Waals surface area contributed by atoms with Crippen LogP contribution >= 0.6 is 0 Å². The number of nitrogens with zero attached hydrogens (tertiary/aromatic N) is 1. The molecule has 29 heavy (non-hydrogen) atoms. The van der Waals surface area contributed by atoms with E-state index in [1.807, 2.05) is 0 Å². The molecule has 1 aliphatic heterocycles. The Kier molecular flexibility index (Phi) is 8.49. The quantitative estimate of drug-likeness (QED) is 0.327. The highest BCUT2D eigenvalue weighted by molar-refractivity contribution is 5.84. The third kappa shape index (κ3) is 7.47. The van der Waals surface area contributed by atoms with E-state index in [-0.39, 0.29) is 37.1 Å². The van der Waals surface area contributed by atoms with E-state index < -0.39 is 18.0 Å². The first-order valence-corrected chi connectivity index (χ1v) is 9.52. The molecule has 1 aromatic heterocycles. The number of carboxylic acids is 2. The second-order valence-corrected chi connectivity index (χ2v) is 6.81. The first-order chi connectivity index (χ1) is 13.9. The topological polar surface area (TPSA) is 128 Å². The Morgan fingerprint density at radius 1 is 1.31 bits per heavy atom. The highest BCUT2D eigenvalue weighted by Gasteiger charge is 2.25. The van der Waals surface area contributed by atoms with Gasteiger partial charge < -0.3 is 24.6 Å². The number of unbranched alkanes of at least 4 members (excludes halogenated alkanes) is 1. The SMILES string of the molecule is O=C(O)CCCC#CCN1C(=O)CCC[C@@H]1/C=C/C(O)Cc1ccc(C(=O)O)o1. The van der Waals surface area contributed by atoms with Crippen LogP contribution < -0.4 is 0 Å². The monoisotopic (exact) mass is 403 g/mol. The van der Waals surface area contributed by atoms with Crippen molar-refractivity contribution in [2.45, 2.75) is 57.1 Å². The van der Waals surface area contributed by atoms with E-state index >= 15 is 0 Å². The minimum Gasteiger partial charge on any atom is -0.481 e. The molecule has 1 saturated heterocycles. The molecule has 0 saturated carbocycles. The van der Waals surface area contributed by atoms with Crippen molar-refractivity contribution in [2.75, 3.05) is 6.54 Å². The fraction of sp³-hybridized carbons (Fsp3) is 0.476. The summed E-state index contributed by atoms with van der Waals surface area (Å²) in [6.45, 7) is 0.261. The number of aliphatic carboxylic acids is 1. The molecule has 1 fully saturated rings. The highest BCUT2D eigenvalue weighted by atomic mass is 16.4. The number of aromatic carboxylic acids is 1. The van der Waals surface area contributed by atoms with E-state index in [0.29, 0.717) is 25.0 Å². The maximum Gasteiger partial charge on any atom is 0.371 e. The molecule has 1 unspecified atom stereocenters. The minimum absolute atomic E-state index is 0.00244.